The number of piperazine rings is 1. The Hall–Kier alpha value is -2.00. The number of hydrogen-bond donors (Lipinski definition) is 0. The normalized spacial score (nSPS) is 26.6. The number of nitrogens with zero attached hydrogens (tertiary/aromatic N) is 2. The number of carbonyl (C=O) groups is 1. The van der Waals surface area contributed by atoms with Crippen LogP contribution in [0.15, 0.2) is 35.2 Å². The Balaban J connectivity index is 1.73. The van der Waals surface area contributed by atoms with Gasteiger partial charge in [0.05, 0.1) is 30.7 Å². The fourth-order valence-corrected chi connectivity index (χ4v) is 8.66. The highest BCUT2D eigenvalue weighted by atomic mass is 35.5. The summed E-state index contributed by atoms with van der Waals surface area (Å²) in [6, 6.07) is 6.77. The molecular weight excluding hydrogens is 499 g/mol. The topological polar surface area (TPSA) is 76.2 Å². The van der Waals surface area contributed by atoms with E-state index in [0.717, 1.165) is 17.5 Å². The molecule has 182 valence electrons. The Kier molecular flexibility index (Phi) is 5.79. The maximum absolute atomic E-state index is 14.0. The first-order chi connectivity index (χ1) is 16.1. The molecule has 3 aliphatic heterocycles. The summed E-state index contributed by atoms with van der Waals surface area (Å²) in [5.74, 6) is 1.06. The van der Waals surface area contributed by atoms with Gasteiger partial charge in [-0.15, -0.1) is 0 Å². The lowest BCUT2D eigenvalue weighted by Crippen LogP contribution is -2.74. The van der Waals surface area contributed by atoms with Crippen molar-refractivity contribution in [1.29, 1.82) is 0 Å². The van der Waals surface area contributed by atoms with Crippen molar-refractivity contribution in [3.63, 3.8) is 0 Å². The van der Waals surface area contributed by atoms with Crippen LogP contribution in [-0.2, 0) is 26.8 Å². The summed E-state index contributed by atoms with van der Waals surface area (Å²) in [6.07, 6.45) is 2.47. The van der Waals surface area contributed by atoms with Crippen molar-refractivity contribution in [2.75, 3.05) is 20.8 Å². The van der Waals surface area contributed by atoms with Crippen molar-refractivity contribution < 1.29 is 22.7 Å². The molecular formula is C24H26Cl2N2O5S. The van der Waals surface area contributed by atoms with E-state index in [4.69, 9.17) is 32.7 Å². The first kappa shape index (κ1) is 23.7. The Labute approximate surface area is 209 Å². The third-order valence-electron chi connectivity index (χ3n) is 7.47. The molecule has 0 aliphatic carbocycles. The number of piperidine rings is 1. The van der Waals surface area contributed by atoms with Gasteiger partial charge in [0, 0.05) is 28.2 Å². The van der Waals surface area contributed by atoms with E-state index in [1.54, 1.807) is 20.3 Å². The summed E-state index contributed by atoms with van der Waals surface area (Å²) >= 11 is 12.3. The van der Waals surface area contributed by atoms with Gasteiger partial charge in [-0.2, -0.15) is 4.31 Å². The fraction of sp³-hybridized carbons (Fsp3) is 0.458. The molecule has 0 saturated carbocycles. The van der Waals surface area contributed by atoms with Crippen LogP contribution in [0.1, 0.15) is 37.3 Å². The van der Waals surface area contributed by atoms with E-state index >= 15 is 0 Å². The molecule has 3 atom stereocenters. The second-order valence-electron chi connectivity index (χ2n) is 9.15. The van der Waals surface area contributed by atoms with Crippen LogP contribution >= 0.6 is 23.2 Å². The Bertz CT molecular complexity index is 1250. The maximum atomic E-state index is 14.0. The van der Waals surface area contributed by atoms with Gasteiger partial charge in [0.1, 0.15) is 17.5 Å². The van der Waals surface area contributed by atoms with E-state index in [0.29, 0.717) is 37.3 Å². The van der Waals surface area contributed by atoms with Crippen molar-refractivity contribution in [3.8, 4) is 11.5 Å². The van der Waals surface area contributed by atoms with Crippen molar-refractivity contribution in [2.45, 2.75) is 55.1 Å². The monoisotopic (exact) mass is 524 g/mol. The smallest absolute Gasteiger partial charge is 0.244 e. The molecule has 10 heteroatoms. The highest BCUT2D eigenvalue weighted by Gasteiger charge is 2.61. The van der Waals surface area contributed by atoms with E-state index in [1.165, 1.54) is 22.5 Å². The third kappa shape index (κ3) is 3.33. The van der Waals surface area contributed by atoms with E-state index < -0.39 is 27.6 Å². The average molecular weight is 525 g/mol. The third-order valence-corrected chi connectivity index (χ3v) is 9.80. The van der Waals surface area contributed by atoms with Crippen LogP contribution in [0.4, 0.5) is 0 Å². The summed E-state index contributed by atoms with van der Waals surface area (Å²) in [6.45, 7) is 2.46. The molecule has 0 aromatic heterocycles. The Morgan fingerprint density at radius 1 is 1.03 bits per heavy atom. The van der Waals surface area contributed by atoms with Crippen molar-refractivity contribution >= 4 is 39.1 Å². The lowest BCUT2D eigenvalue weighted by molar-refractivity contribution is -0.160. The van der Waals surface area contributed by atoms with E-state index in [9.17, 15) is 13.2 Å². The first-order valence-corrected chi connectivity index (χ1v) is 13.4. The van der Waals surface area contributed by atoms with Gasteiger partial charge in [0.15, 0.2) is 0 Å². The number of carbonyl (C=O) groups excluding carboxylic acids is 1. The van der Waals surface area contributed by atoms with Gasteiger partial charge >= 0.3 is 0 Å². The predicted octanol–water partition coefficient (Wildman–Crippen LogP) is 4.24. The number of amides is 1. The van der Waals surface area contributed by atoms with Gasteiger partial charge < -0.3 is 14.4 Å². The SMILES string of the molecule is COc1cc2c(c(OC)c1)[C@]1(C)C3CCC[C@@H](C(=O)N1CC2)N3S(=O)(=O)c1cc(Cl)cc(Cl)c1. The summed E-state index contributed by atoms with van der Waals surface area (Å²) in [5.41, 5.74) is 0.925. The fourth-order valence-electron chi connectivity index (χ4n) is 6.03. The molecule has 1 unspecified atom stereocenters. The van der Waals surface area contributed by atoms with Crippen LogP contribution < -0.4 is 9.47 Å². The molecule has 5 rings (SSSR count). The zero-order valence-electron chi connectivity index (χ0n) is 19.2. The number of halogens is 2. The number of sulfonamides is 1. The zero-order valence-corrected chi connectivity index (χ0v) is 21.5. The number of methoxy groups -OCH3 is 2. The minimum atomic E-state index is -4.07. The molecule has 3 aliphatic rings. The number of fused-ring (bicyclic) bond motifs is 6. The van der Waals surface area contributed by atoms with Gasteiger partial charge in [-0.25, -0.2) is 8.42 Å². The molecule has 2 saturated heterocycles. The Morgan fingerprint density at radius 3 is 2.38 bits per heavy atom. The Morgan fingerprint density at radius 2 is 1.74 bits per heavy atom. The summed E-state index contributed by atoms with van der Waals surface area (Å²) in [4.78, 5) is 15.7. The number of rotatable bonds is 4. The van der Waals surface area contributed by atoms with Crippen LogP contribution in [-0.4, -0.2) is 56.4 Å². The van der Waals surface area contributed by atoms with Crippen LogP contribution in [0, 0.1) is 0 Å². The quantitative estimate of drug-likeness (QED) is 0.597. The average Bonchev–Trinajstić information content (AvgIpc) is 2.81. The van der Waals surface area contributed by atoms with Crippen LogP contribution in [0.5, 0.6) is 11.5 Å². The lowest BCUT2D eigenvalue weighted by Gasteiger charge is -2.60. The highest BCUT2D eigenvalue weighted by molar-refractivity contribution is 7.89. The number of ether oxygens (including phenoxy) is 2. The van der Waals surface area contributed by atoms with E-state index in [2.05, 4.69) is 0 Å². The van der Waals surface area contributed by atoms with Gasteiger partial charge in [-0.3, -0.25) is 4.79 Å². The van der Waals surface area contributed by atoms with Crippen molar-refractivity contribution in [2.24, 2.45) is 0 Å². The molecule has 0 radical (unpaired) electrons. The highest BCUT2D eigenvalue weighted by Crippen LogP contribution is 2.53. The second-order valence-corrected chi connectivity index (χ2v) is 11.9. The molecule has 0 spiro atoms. The molecule has 34 heavy (non-hydrogen) atoms. The molecule has 2 bridgehead atoms. The molecule has 0 N–H and O–H groups in total. The summed E-state index contributed by atoms with van der Waals surface area (Å²) < 4.78 is 40.7. The molecule has 1 amide bonds. The molecule has 7 nitrogen and oxygen atoms in total. The van der Waals surface area contributed by atoms with Crippen molar-refractivity contribution in [3.05, 3.63) is 51.5 Å². The maximum Gasteiger partial charge on any atom is 0.244 e. The second kappa shape index (κ2) is 8.29. The van der Waals surface area contributed by atoms with Gasteiger partial charge in [0.2, 0.25) is 15.9 Å². The molecule has 2 aromatic rings. The molecule has 2 aromatic carbocycles. The molecule has 3 heterocycles. The lowest BCUT2D eigenvalue weighted by atomic mass is 9.70. The zero-order chi connectivity index (χ0) is 24.4. The minimum absolute atomic E-state index is 0.00974. The van der Waals surface area contributed by atoms with Crippen molar-refractivity contribution in [1.82, 2.24) is 9.21 Å². The van der Waals surface area contributed by atoms with Gasteiger partial charge in [-0.05, 0) is 62.4 Å². The van der Waals surface area contributed by atoms with E-state index in [-0.39, 0.29) is 20.8 Å². The van der Waals surface area contributed by atoms with Crippen LogP contribution in [0.2, 0.25) is 10.0 Å². The van der Waals surface area contributed by atoms with Crippen LogP contribution in [0.3, 0.4) is 0 Å². The number of benzene rings is 2. The minimum Gasteiger partial charge on any atom is -0.497 e. The summed E-state index contributed by atoms with van der Waals surface area (Å²) in [7, 11) is -0.898. The summed E-state index contributed by atoms with van der Waals surface area (Å²) in [5, 5.41) is 0.452. The van der Waals surface area contributed by atoms with Gasteiger partial charge in [0.25, 0.3) is 0 Å². The number of hydrogen-bond acceptors (Lipinski definition) is 5. The van der Waals surface area contributed by atoms with Gasteiger partial charge in [-0.1, -0.05) is 23.2 Å². The first-order valence-electron chi connectivity index (χ1n) is 11.2. The van der Waals surface area contributed by atoms with Crippen LogP contribution in [0.25, 0.3) is 0 Å². The predicted molar refractivity (Wildman–Crippen MR) is 129 cm³/mol. The molecule has 2 fully saturated rings. The van der Waals surface area contributed by atoms with E-state index in [1.807, 2.05) is 17.9 Å². The standard InChI is InChI=1S/C24H26Cl2N2O5S/c1-24-21-6-4-5-19(28(21)34(30,31)18-11-15(25)10-16(26)12-18)23(29)27(24)8-7-14-9-17(32-2)13-20(33-3)22(14)24/h9-13,19,21H,4-8H2,1-3H3/t19-,21?,24-/m0/s1. The largest absolute Gasteiger partial charge is 0.497 e.